The summed E-state index contributed by atoms with van der Waals surface area (Å²) < 4.78 is 5.01. The van der Waals surface area contributed by atoms with Gasteiger partial charge in [0.1, 0.15) is 6.61 Å². The van der Waals surface area contributed by atoms with Gasteiger partial charge in [-0.3, -0.25) is 14.8 Å². The molecule has 1 N–H and O–H groups in total. The van der Waals surface area contributed by atoms with Crippen molar-refractivity contribution in [2.75, 3.05) is 0 Å². The molecule has 0 aliphatic carbocycles. The topological polar surface area (TPSA) is 72.3 Å². The molecule has 5 nitrogen and oxygen atoms in total. The molecule has 0 unspecified atom stereocenters. The Morgan fingerprint density at radius 1 is 0.875 bits per heavy atom. The lowest BCUT2D eigenvalue weighted by Gasteiger charge is -2.08. The van der Waals surface area contributed by atoms with Crippen molar-refractivity contribution in [2.24, 2.45) is 0 Å². The van der Waals surface area contributed by atoms with Gasteiger partial charge in [0.25, 0.3) is 0 Å². The van der Waals surface area contributed by atoms with Crippen LogP contribution in [0.5, 0.6) is 0 Å². The fourth-order valence-electron chi connectivity index (χ4n) is 3.34. The third-order valence-electron chi connectivity index (χ3n) is 4.55. The molecule has 0 radical (unpaired) electrons. The van der Waals surface area contributed by atoms with Gasteiger partial charge in [0, 0.05) is 41.2 Å². The van der Waals surface area contributed by atoms with Gasteiger partial charge in [-0.2, -0.15) is 0 Å². The number of aliphatic hydroxyl groups is 1. The second-order valence-corrected chi connectivity index (χ2v) is 8.11. The van der Waals surface area contributed by atoms with E-state index < -0.39 is 0 Å². The molecule has 0 atom stereocenters. The molecule has 0 bridgehead atoms. The number of hydrogen-bond acceptors (Lipinski definition) is 5. The molecule has 0 saturated heterocycles. The van der Waals surface area contributed by atoms with Crippen molar-refractivity contribution in [1.82, 2.24) is 9.97 Å². The number of nitrogens with zero attached hydrogens (tertiary/aromatic N) is 2. The van der Waals surface area contributed by atoms with Crippen molar-refractivity contribution in [3.8, 4) is 0 Å². The van der Waals surface area contributed by atoms with Crippen LogP contribution in [0.1, 0.15) is 36.6 Å². The van der Waals surface area contributed by atoms with E-state index in [1.807, 2.05) is 50.2 Å². The highest BCUT2D eigenvalue weighted by Crippen LogP contribution is 2.23. The highest BCUT2D eigenvalue weighted by atomic mass is 35.5. The number of hydrogen-bond donors (Lipinski definition) is 1. The molecule has 0 fully saturated rings. The van der Waals surface area contributed by atoms with Gasteiger partial charge in [0.2, 0.25) is 0 Å². The number of carbonyl (C=O) groups excluding carboxylic acids is 1. The molecule has 7 heteroatoms. The molecule has 168 valence electrons. The first-order valence-corrected chi connectivity index (χ1v) is 10.4. The van der Waals surface area contributed by atoms with Crippen LogP contribution in [0.25, 0.3) is 21.8 Å². The zero-order chi connectivity index (χ0) is 22.5. The predicted octanol–water partition coefficient (Wildman–Crippen LogP) is 6.58. The third kappa shape index (κ3) is 6.39. The average Bonchev–Trinajstić information content (AvgIpc) is 2.71. The van der Waals surface area contributed by atoms with Gasteiger partial charge >= 0.3 is 5.97 Å². The van der Waals surface area contributed by atoms with E-state index in [0.717, 1.165) is 44.1 Å². The molecule has 0 amide bonds. The van der Waals surface area contributed by atoms with Crippen LogP contribution in [0.15, 0.2) is 48.8 Å². The van der Waals surface area contributed by atoms with Crippen LogP contribution in [0, 0.1) is 13.8 Å². The van der Waals surface area contributed by atoms with Crippen molar-refractivity contribution in [3.05, 3.63) is 81.1 Å². The first-order chi connectivity index (χ1) is 14.8. The predicted molar refractivity (Wildman–Crippen MR) is 131 cm³/mol. The van der Waals surface area contributed by atoms with E-state index in [0.29, 0.717) is 10.0 Å². The van der Waals surface area contributed by atoms with E-state index in [1.54, 1.807) is 12.4 Å². The Labute approximate surface area is 198 Å². The van der Waals surface area contributed by atoms with Crippen LogP contribution in [-0.2, 0) is 22.7 Å². The average molecular weight is 473 g/mol. The van der Waals surface area contributed by atoms with Gasteiger partial charge in [-0.05, 0) is 43.7 Å². The van der Waals surface area contributed by atoms with E-state index in [1.165, 1.54) is 6.92 Å². The lowest BCUT2D eigenvalue weighted by Crippen LogP contribution is -2.00. The molecule has 0 aliphatic rings. The maximum absolute atomic E-state index is 10.8. The highest BCUT2D eigenvalue weighted by Gasteiger charge is 2.06. The van der Waals surface area contributed by atoms with Crippen molar-refractivity contribution < 1.29 is 14.6 Å². The minimum absolute atomic E-state index is 0. The van der Waals surface area contributed by atoms with Gasteiger partial charge in [-0.1, -0.05) is 48.3 Å². The summed E-state index contributed by atoms with van der Waals surface area (Å²) >= 11 is 11.7. The van der Waals surface area contributed by atoms with Crippen LogP contribution >= 0.6 is 23.2 Å². The fourth-order valence-corrected chi connectivity index (χ4v) is 3.67. The molecule has 2 heterocycles. The second-order valence-electron chi connectivity index (χ2n) is 7.24. The van der Waals surface area contributed by atoms with Gasteiger partial charge < -0.3 is 9.84 Å². The lowest BCUT2D eigenvalue weighted by molar-refractivity contribution is -0.142. The van der Waals surface area contributed by atoms with Crippen molar-refractivity contribution in [2.45, 2.75) is 41.4 Å². The molecule has 0 aliphatic heterocycles. The molecule has 2 aromatic carbocycles. The summed E-state index contributed by atoms with van der Waals surface area (Å²) in [6.07, 6.45) is 3.19. The van der Waals surface area contributed by atoms with Crippen LogP contribution in [0.3, 0.4) is 0 Å². The Bertz CT molecular complexity index is 1250. The summed E-state index contributed by atoms with van der Waals surface area (Å²) in [4.78, 5) is 19.3. The Morgan fingerprint density at radius 3 is 1.81 bits per heavy atom. The summed E-state index contributed by atoms with van der Waals surface area (Å²) in [7, 11) is 0. The standard InChI is InChI=1S/C13H12ClNO2.C11H10ClNO.CH4/c1-8-3-10-5-12(14)6-15-13(10)11(4-8)7-17-9(2)16;1-7-2-8-4-10(12)5-13-11(8)9(3-7)6-14;/h3-6H,7H2,1-2H3;2-5,14H,6H2,1H3;1H4. The monoisotopic (exact) mass is 472 g/mol. The summed E-state index contributed by atoms with van der Waals surface area (Å²) in [6.45, 7) is 5.61. The van der Waals surface area contributed by atoms with Gasteiger partial charge in [0.05, 0.1) is 27.7 Å². The Morgan fingerprint density at radius 2 is 1.34 bits per heavy atom. The summed E-state index contributed by atoms with van der Waals surface area (Å²) in [5.74, 6) is -0.298. The number of halogens is 2. The number of benzene rings is 2. The van der Waals surface area contributed by atoms with Gasteiger partial charge in [0.15, 0.2) is 0 Å². The SMILES string of the molecule is C.CC(=O)OCc1cc(C)cc2cc(Cl)cnc12.Cc1cc(CO)c2ncc(Cl)cc2c1. The van der Waals surface area contributed by atoms with Crippen molar-refractivity contribution in [3.63, 3.8) is 0 Å². The molecule has 0 saturated carbocycles. The van der Waals surface area contributed by atoms with E-state index in [2.05, 4.69) is 9.97 Å². The number of aromatic nitrogens is 2. The molecular formula is C25H26Cl2N2O3. The summed E-state index contributed by atoms with van der Waals surface area (Å²) in [6, 6.07) is 11.6. The Kier molecular flexibility index (Phi) is 8.96. The van der Waals surface area contributed by atoms with E-state index in [4.69, 9.17) is 33.0 Å². The minimum atomic E-state index is -0.298. The van der Waals surface area contributed by atoms with Crippen LogP contribution in [0.4, 0.5) is 0 Å². The van der Waals surface area contributed by atoms with Crippen LogP contribution in [0.2, 0.25) is 10.0 Å². The molecule has 4 rings (SSSR count). The van der Waals surface area contributed by atoms with Gasteiger partial charge in [-0.15, -0.1) is 0 Å². The maximum atomic E-state index is 10.8. The van der Waals surface area contributed by atoms with E-state index in [-0.39, 0.29) is 26.6 Å². The first kappa shape index (κ1) is 25.5. The minimum Gasteiger partial charge on any atom is -0.461 e. The largest absolute Gasteiger partial charge is 0.461 e. The zero-order valence-electron chi connectivity index (χ0n) is 17.4. The summed E-state index contributed by atoms with van der Waals surface area (Å²) in [5, 5.41) is 12.3. The number of aliphatic hydroxyl groups excluding tert-OH is 1. The number of rotatable bonds is 3. The molecule has 0 spiro atoms. The van der Waals surface area contributed by atoms with Crippen LogP contribution < -0.4 is 0 Å². The maximum Gasteiger partial charge on any atom is 0.302 e. The number of aryl methyl sites for hydroxylation is 2. The second kappa shape index (κ2) is 11.2. The normalized spacial score (nSPS) is 10.3. The van der Waals surface area contributed by atoms with Crippen molar-refractivity contribution in [1.29, 1.82) is 0 Å². The Balaban J connectivity index is 0.000000224. The molecule has 32 heavy (non-hydrogen) atoms. The number of carbonyl (C=O) groups is 1. The smallest absolute Gasteiger partial charge is 0.302 e. The lowest BCUT2D eigenvalue weighted by atomic mass is 10.1. The number of ether oxygens (including phenoxy) is 1. The number of pyridine rings is 2. The molecule has 4 aromatic rings. The fraction of sp³-hybridized carbons (Fsp3) is 0.240. The number of fused-ring (bicyclic) bond motifs is 2. The van der Waals surface area contributed by atoms with Crippen LogP contribution in [-0.4, -0.2) is 21.0 Å². The molecule has 2 aromatic heterocycles. The first-order valence-electron chi connectivity index (χ1n) is 9.60. The van der Waals surface area contributed by atoms with E-state index >= 15 is 0 Å². The van der Waals surface area contributed by atoms with E-state index in [9.17, 15) is 4.79 Å². The summed E-state index contributed by atoms with van der Waals surface area (Å²) in [5.41, 5.74) is 5.57. The Hall–Kier alpha value is -2.73. The number of esters is 1. The third-order valence-corrected chi connectivity index (χ3v) is 4.96. The zero-order valence-corrected chi connectivity index (χ0v) is 19.0. The molecular weight excluding hydrogens is 447 g/mol. The quantitative estimate of drug-likeness (QED) is 0.340. The highest BCUT2D eigenvalue weighted by molar-refractivity contribution is 6.31. The van der Waals surface area contributed by atoms with Crippen molar-refractivity contribution >= 4 is 51.0 Å². The van der Waals surface area contributed by atoms with Gasteiger partial charge in [-0.25, -0.2) is 0 Å².